The average molecular weight is 259 g/mol. The van der Waals surface area contributed by atoms with E-state index < -0.39 is 0 Å². The molecule has 0 bridgehead atoms. The van der Waals surface area contributed by atoms with E-state index in [2.05, 4.69) is 31.1 Å². The molecular formula is C8H5BrClN3. The van der Waals surface area contributed by atoms with Gasteiger partial charge in [0, 0.05) is 10.6 Å². The fourth-order valence-corrected chi connectivity index (χ4v) is 1.35. The van der Waals surface area contributed by atoms with E-state index >= 15 is 0 Å². The van der Waals surface area contributed by atoms with Crippen LogP contribution in [0.15, 0.2) is 29.0 Å². The Morgan fingerprint density at radius 3 is 2.46 bits per heavy atom. The highest BCUT2D eigenvalue weighted by atomic mass is 79.9. The minimum Gasteiger partial charge on any atom is -0.253 e. The fourth-order valence-electron chi connectivity index (χ4n) is 0.970. The summed E-state index contributed by atoms with van der Waals surface area (Å²) in [5.41, 5.74) is 0.936. The second-order valence-electron chi connectivity index (χ2n) is 2.46. The summed E-state index contributed by atoms with van der Waals surface area (Å²) >= 11 is 8.94. The van der Waals surface area contributed by atoms with Crippen LogP contribution in [0.5, 0.6) is 0 Å². The molecule has 1 aromatic carbocycles. The van der Waals surface area contributed by atoms with Crippen molar-refractivity contribution >= 4 is 27.5 Å². The van der Waals surface area contributed by atoms with E-state index in [1.54, 1.807) is 12.1 Å². The minimum absolute atomic E-state index is 0.623. The van der Waals surface area contributed by atoms with Crippen LogP contribution < -0.4 is 0 Å². The number of hydrogen-bond donors (Lipinski definition) is 1. The summed E-state index contributed by atoms with van der Waals surface area (Å²) in [6, 6.07) is 7.36. The van der Waals surface area contributed by atoms with Gasteiger partial charge in [0.2, 0.25) is 0 Å². The summed E-state index contributed by atoms with van der Waals surface area (Å²) < 4.78 is 0.623. The summed E-state index contributed by atoms with van der Waals surface area (Å²) in [6.45, 7) is 0. The first-order chi connectivity index (χ1) is 6.25. The predicted octanol–water partition coefficient (Wildman–Crippen LogP) is 2.89. The van der Waals surface area contributed by atoms with Crippen molar-refractivity contribution in [1.82, 2.24) is 15.2 Å². The highest BCUT2D eigenvalue weighted by Gasteiger charge is 2.02. The van der Waals surface area contributed by atoms with Crippen LogP contribution in [-0.2, 0) is 0 Å². The Hall–Kier alpha value is -0.870. The van der Waals surface area contributed by atoms with Crippen molar-refractivity contribution in [3.63, 3.8) is 0 Å². The Morgan fingerprint density at radius 1 is 1.23 bits per heavy atom. The predicted molar refractivity (Wildman–Crippen MR) is 54.5 cm³/mol. The number of nitrogens with zero attached hydrogens (tertiary/aromatic N) is 2. The maximum atomic E-state index is 5.75. The van der Waals surface area contributed by atoms with Gasteiger partial charge in [-0.3, -0.25) is 5.10 Å². The molecule has 0 fully saturated rings. The van der Waals surface area contributed by atoms with Gasteiger partial charge in [-0.1, -0.05) is 11.6 Å². The van der Waals surface area contributed by atoms with E-state index in [1.807, 2.05) is 12.1 Å². The molecule has 5 heteroatoms. The van der Waals surface area contributed by atoms with Crippen LogP contribution in [0.1, 0.15) is 0 Å². The Kier molecular flexibility index (Phi) is 2.33. The van der Waals surface area contributed by atoms with Crippen molar-refractivity contribution < 1.29 is 0 Å². The SMILES string of the molecule is Clc1ccc(-c2n[nH]c(Br)n2)cc1. The van der Waals surface area contributed by atoms with Gasteiger partial charge < -0.3 is 0 Å². The molecule has 13 heavy (non-hydrogen) atoms. The van der Waals surface area contributed by atoms with E-state index in [9.17, 15) is 0 Å². The molecule has 0 saturated carbocycles. The van der Waals surface area contributed by atoms with Crippen LogP contribution in [-0.4, -0.2) is 15.2 Å². The van der Waals surface area contributed by atoms with Gasteiger partial charge in [-0.15, -0.1) is 0 Å². The molecule has 0 atom stereocenters. The molecule has 1 aromatic heterocycles. The fraction of sp³-hybridized carbons (Fsp3) is 0. The molecule has 0 unspecified atom stereocenters. The first-order valence-corrected chi connectivity index (χ1v) is 4.76. The van der Waals surface area contributed by atoms with Gasteiger partial charge in [0.1, 0.15) is 0 Å². The van der Waals surface area contributed by atoms with Crippen LogP contribution in [0.2, 0.25) is 5.02 Å². The zero-order chi connectivity index (χ0) is 9.26. The van der Waals surface area contributed by atoms with Gasteiger partial charge in [-0.2, -0.15) is 5.10 Å². The molecule has 1 N–H and O–H groups in total. The molecule has 0 amide bonds. The standard InChI is InChI=1S/C8H5BrClN3/c9-8-11-7(12-13-8)5-1-3-6(10)4-2-5/h1-4H,(H,11,12,13). The van der Waals surface area contributed by atoms with Gasteiger partial charge in [-0.05, 0) is 40.2 Å². The first kappa shape index (κ1) is 8.72. The largest absolute Gasteiger partial charge is 0.253 e. The molecule has 0 saturated heterocycles. The lowest BCUT2D eigenvalue weighted by molar-refractivity contribution is 1.07. The number of H-pyrrole nitrogens is 1. The number of aromatic amines is 1. The minimum atomic E-state index is 0.623. The number of aromatic nitrogens is 3. The van der Waals surface area contributed by atoms with Gasteiger partial charge in [-0.25, -0.2) is 4.98 Å². The molecule has 1 heterocycles. The zero-order valence-corrected chi connectivity index (χ0v) is 8.80. The quantitative estimate of drug-likeness (QED) is 0.854. The lowest BCUT2D eigenvalue weighted by Gasteiger charge is -1.93. The van der Waals surface area contributed by atoms with Crippen LogP contribution in [0.4, 0.5) is 0 Å². The second kappa shape index (κ2) is 3.47. The molecule has 3 nitrogen and oxygen atoms in total. The normalized spacial score (nSPS) is 10.3. The van der Waals surface area contributed by atoms with Crippen molar-refractivity contribution in [2.24, 2.45) is 0 Å². The van der Waals surface area contributed by atoms with Crippen LogP contribution in [0.25, 0.3) is 11.4 Å². The summed E-state index contributed by atoms with van der Waals surface area (Å²) in [6.07, 6.45) is 0. The highest BCUT2D eigenvalue weighted by Crippen LogP contribution is 2.18. The van der Waals surface area contributed by atoms with E-state index in [0.717, 1.165) is 5.56 Å². The Morgan fingerprint density at radius 2 is 1.92 bits per heavy atom. The summed E-state index contributed by atoms with van der Waals surface area (Å²) in [7, 11) is 0. The molecule has 0 radical (unpaired) electrons. The number of halogens is 2. The Labute approximate surface area is 88.3 Å². The molecule has 2 rings (SSSR count). The van der Waals surface area contributed by atoms with Crippen LogP contribution >= 0.6 is 27.5 Å². The van der Waals surface area contributed by atoms with Gasteiger partial charge >= 0.3 is 0 Å². The van der Waals surface area contributed by atoms with E-state index in [1.165, 1.54) is 0 Å². The number of rotatable bonds is 1. The van der Waals surface area contributed by atoms with Crippen molar-refractivity contribution in [2.75, 3.05) is 0 Å². The number of nitrogens with one attached hydrogen (secondary N) is 1. The number of benzene rings is 1. The zero-order valence-electron chi connectivity index (χ0n) is 6.46. The smallest absolute Gasteiger partial charge is 0.193 e. The molecule has 0 aliphatic rings. The molecule has 0 aliphatic heterocycles. The van der Waals surface area contributed by atoms with Gasteiger partial charge in [0.15, 0.2) is 10.6 Å². The lowest BCUT2D eigenvalue weighted by Crippen LogP contribution is -1.79. The third kappa shape index (κ3) is 1.89. The third-order valence-corrected chi connectivity index (χ3v) is 2.17. The summed E-state index contributed by atoms with van der Waals surface area (Å²) in [4.78, 5) is 4.12. The van der Waals surface area contributed by atoms with Crippen LogP contribution in [0.3, 0.4) is 0 Å². The maximum absolute atomic E-state index is 5.75. The topological polar surface area (TPSA) is 41.6 Å². The van der Waals surface area contributed by atoms with Crippen LogP contribution in [0, 0.1) is 0 Å². The van der Waals surface area contributed by atoms with Crippen molar-refractivity contribution in [3.8, 4) is 11.4 Å². The van der Waals surface area contributed by atoms with E-state index in [0.29, 0.717) is 15.6 Å². The molecule has 66 valence electrons. The molecule has 2 aromatic rings. The molecule has 0 aliphatic carbocycles. The van der Waals surface area contributed by atoms with Crippen molar-refractivity contribution in [3.05, 3.63) is 34.0 Å². The molecular weight excluding hydrogens is 253 g/mol. The third-order valence-electron chi connectivity index (χ3n) is 1.56. The Balaban J connectivity index is 2.41. The van der Waals surface area contributed by atoms with E-state index in [4.69, 9.17) is 11.6 Å². The highest BCUT2D eigenvalue weighted by molar-refractivity contribution is 9.10. The average Bonchev–Trinajstić information content (AvgIpc) is 2.53. The second-order valence-corrected chi connectivity index (χ2v) is 3.64. The summed E-state index contributed by atoms with van der Waals surface area (Å²) in [5.74, 6) is 0.656. The maximum Gasteiger partial charge on any atom is 0.193 e. The molecule has 0 spiro atoms. The van der Waals surface area contributed by atoms with E-state index in [-0.39, 0.29) is 0 Å². The summed E-state index contributed by atoms with van der Waals surface area (Å²) in [5, 5.41) is 7.40. The van der Waals surface area contributed by atoms with Crippen molar-refractivity contribution in [1.29, 1.82) is 0 Å². The first-order valence-electron chi connectivity index (χ1n) is 3.59. The van der Waals surface area contributed by atoms with Crippen molar-refractivity contribution in [2.45, 2.75) is 0 Å². The van der Waals surface area contributed by atoms with Gasteiger partial charge in [0.05, 0.1) is 0 Å². The Bertz CT molecular complexity index is 410. The monoisotopic (exact) mass is 257 g/mol. The lowest BCUT2D eigenvalue weighted by atomic mass is 10.2. The van der Waals surface area contributed by atoms with Gasteiger partial charge in [0.25, 0.3) is 0 Å². The number of hydrogen-bond acceptors (Lipinski definition) is 2.